The van der Waals surface area contributed by atoms with Crippen molar-refractivity contribution >= 4 is 11.3 Å². The monoisotopic (exact) mass is 368 g/mol. The van der Waals surface area contributed by atoms with Crippen LogP contribution in [0.4, 0.5) is 5.82 Å². The Labute approximate surface area is 163 Å². The average Bonchev–Trinajstić information content (AvgIpc) is 3.15. The molecule has 0 aliphatic rings. The summed E-state index contributed by atoms with van der Waals surface area (Å²) >= 11 is 0. The van der Waals surface area contributed by atoms with Crippen LogP contribution in [0.25, 0.3) is 16.6 Å². The zero-order valence-corrected chi connectivity index (χ0v) is 16.0. The lowest BCUT2D eigenvalue weighted by molar-refractivity contribution is 0.725. The SMILES string of the molecule is Cc1ccc(C(C)N(C)c2ncccc2-c2ccc3c(C#N)cnn3c2)cn1. The highest BCUT2D eigenvalue weighted by Gasteiger charge is 2.18. The van der Waals surface area contributed by atoms with Crippen molar-refractivity contribution in [2.45, 2.75) is 19.9 Å². The number of pyridine rings is 3. The molecule has 4 heterocycles. The summed E-state index contributed by atoms with van der Waals surface area (Å²) in [6.45, 7) is 4.12. The molecule has 138 valence electrons. The van der Waals surface area contributed by atoms with E-state index in [1.165, 1.54) is 0 Å². The van der Waals surface area contributed by atoms with Crippen LogP contribution in [0.15, 0.2) is 61.2 Å². The molecule has 0 N–H and O–H groups in total. The Hall–Kier alpha value is -3.72. The second kappa shape index (κ2) is 7.12. The van der Waals surface area contributed by atoms with Crippen molar-refractivity contribution in [2.75, 3.05) is 11.9 Å². The van der Waals surface area contributed by atoms with E-state index in [1.807, 2.05) is 50.6 Å². The zero-order chi connectivity index (χ0) is 19.7. The lowest BCUT2D eigenvalue weighted by Gasteiger charge is -2.28. The molecule has 1 atom stereocenters. The van der Waals surface area contributed by atoms with Crippen molar-refractivity contribution in [2.24, 2.45) is 0 Å². The second-order valence-corrected chi connectivity index (χ2v) is 6.81. The molecule has 4 aromatic rings. The van der Waals surface area contributed by atoms with E-state index in [9.17, 15) is 5.26 Å². The van der Waals surface area contributed by atoms with E-state index >= 15 is 0 Å². The van der Waals surface area contributed by atoms with Crippen molar-refractivity contribution in [1.82, 2.24) is 19.6 Å². The molecule has 0 spiro atoms. The molecule has 0 saturated carbocycles. The molecule has 0 amide bonds. The highest BCUT2D eigenvalue weighted by Crippen LogP contribution is 2.33. The van der Waals surface area contributed by atoms with Crippen LogP contribution in [-0.2, 0) is 0 Å². The Morgan fingerprint density at radius 2 is 1.96 bits per heavy atom. The number of hydrogen-bond acceptors (Lipinski definition) is 5. The molecule has 4 rings (SSSR count). The molecule has 0 saturated heterocycles. The van der Waals surface area contributed by atoms with E-state index in [0.29, 0.717) is 5.56 Å². The molecular weight excluding hydrogens is 348 g/mol. The predicted octanol–water partition coefficient (Wildman–Crippen LogP) is 4.17. The van der Waals surface area contributed by atoms with Crippen LogP contribution < -0.4 is 4.90 Å². The third-order valence-corrected chi connectivity index (χ3v) is 5.07. The van der Waals surface area contributed by atoms with Gasteiger partial charge < -0.3 is 4.90 Å². The first kappa shape index (κ1) is 17.7. The standard InChI is InChI=1S/C22H20N6/c1-15-6-7-17(12-25-15)16(2)27(3)22-20(5-4-10-24-22)18-8-9-21-19(11-23)13-26-28(21)14-18/h4-10,12-14,16H,1-3H3. The summed E-state index contributed by atoms with van der Waals surface area (Å²) in [7, 11) is 2.04. The van der Waals surface area contributed by atoms with Gasteiger partial charge in [0.15, 0.2) is 0 Å². The van der Waals surface area contributed by atoms with Crippen molar-refractivity contribution in [3.63, 3.8) is 0 Å². The van der Waals surface area contributed by atoms with Gasteiger partial charge in [0.1, 0.15) is 11.9 Å². The van der Waals surface area contributed by atoms with Gasteiger partial charge in [-0.25, -0.2) is 9.50 Å². The summed E-state index contributed by atoms with van der Waals surface area (Å²) in [6, 6.07) is 14.3. The Bertz CT molecular complexity index is 1170. The maximum absolute atomic E-state index is 9.19. The molecule has 0 fully saturated rings. The average molecular weight is 368 g/mol. The number of aromatic nitrogens is 4. The molecule has 0 bridgehead atoms. The van der Waals surface area contributed by atoms with E-state index in [4.69, 9.17) is 0 Å². The minimum Gasteiger partial charge on any atom is -0.352 e. The second-order valence-electron chi connectivity index (χ2n) is 6.81. The van der Waals surface area contributed by atoms with E-state index in [2.05, 4.69) is 45.1 Å². The number of nitriles is 1. The number of aryl methyl sites for hydroxylation is 1. The number of hydrogen-bond donors (Lipinski definition) is 0. The largest absolute Gasteiger partial charge is 0.352 e. The van der Waals surface area contributed by atoms with Crippen LogP contribution in [0.1, 0.15) is 29.8 Å². The third kappa shape index (κ3) is 3.08. The minimum absolute atomic E-state index is 0.111. The topological polar surface area (TPSA) is 70.1 Å². The van der Waals surface area contributed by atoms with Gasteiger partial charge >= 0.3 is 0 Å². The van der Waals surface area contributed by atoms with Crippen LogP contribution in [0, 0.1) is 18.3 Å². The molecule has 0 radical (unpaired) electrons. The van der Waals surface area contributed by atoms with E-state index < -0.39 is 0 Å². The molecule has 6 nitrogen and oxygen atoms in total. The summed E-state index contributed by atoms with van der Waals surface area (Å²) < 4.78 is 1.73. The fraction of sp³-hybridized carbons (Fsp3) is 0.182. The number of rotatable bonds is 4. The van der Waals surface area contributed by atoms with Gasteiger partial charge in [-0.2, -0.15) is 10.4 Å². The number of anilines is 1. The summed E-state index contributed by atoms with van der Waals surface area (Å²) in [4.78, 5) is 11.2. The molecule has 0 aliphatic carbocycles. The fourth-order valence-corrected chi connectivity index (χ4v) is 3.27. The minimum atomic E-state index is 0.111. The molecular formula is C22H20N6. The first-order chi connectivity index (χ1) is 13.6. The Kier molecular flexibility index (Phi) is 4.50. The highest BCUT2D eigenvalue weighted by molar-refractivity contribution is 5.77. The number of fused-ring (bicyclic) bond motifs is 1. The van der Waals surface area contributed by atoms with Crippen LogP contribution >= 0.6 is 0 Å². The van der Waals surface area contributed by atoms with Gasteiger partial charge in [0, 0.05) is 42.5 Å². The maximum atomic E-state index is 9.19. The molecule has 0 aromatic carbocycles. The fourth-order valence-electron chi connectivity index (χ4n) is 3.27. The van der Waals surface area contributed by atoms with Crippen molar-refractivity contribution in [3.05, 3.63) is 78.0 Å². The molecule has 4 aromatic heterocycles. The zero-order valence-electron chi connectivity index (χ0n) is 16.0. The number of nitrogens with zero attached hydrogens (tertiary/aromatic N) is 6. The van der Waals surface area contributed by atoms with Crippen LogP contribution in [0.2, 0.25) is 0 Å². The van der Waals surface area contributed by atoms with Gasteiger partial charge in [-0.15, -0.1) is 0 Å². The van der Waals surface area contributed by atoms with Crippen LogP contribution in [0.3, 0.4) is 0 Å². The van der Waals surface area contributed by atoms with Crippen molar-refractivity contribution in [3.8, 4) is 17.2 Å². The highest BCUT2D eigenvalue weighted by atomic mass is 15.2. The molecule has 1 unspecified atom stereocenters. The maximum Gasteiger partial charge on any atom is 0.136 e. The van der Waals surface area contributed by atoms with Gasteiger partial charge in [0.2, 0.25) is 0 Å². The lowest BCUT2D eigenvalue weighted by atomic mass is 10.1. The molecule has 6 heteroatoms. The van der Waals surface area contributed by atoms with E-state index in [-0.39, 0.29) is 6.04 Å². The van der Waals surface area contributed by atoms with Crippen LogP contribution in [-0.4, -0.2) is 26.6 Å². The Morgan fingerprint density at radius 3 is 2.71 bits per heavy atom. The lowest BCUT2D eigenvalue weighted by Crippen LogP contribution is -2.23. The summed E-state index contributed by atoms with van der Waals surface area (Å²) in [6.07, 6.45) is 7.23. The summed E-state index contributed by atoms with van der Waals surface area (Å²) in [5, 5.41) is 13.5. The predicted molar refractivity (Wildman–Crippen MR) is 109 cm³/mol. The third-order valence-electron chi connectivity index (χ3n) is 5.07. The van der Waals surface area contributed by atoms with E-state index in [1.54, 1.807) is 16.9 Å². The summed E-state index contributed by atoms with van der Waals surface area (Å²) in [5.74, 6) is 0.877. The Morgan fingerprint density at radius 1 is 1.11 bits per heavy atom. The van der Waals surface area contributed by atoms with Gasteiger partial charge in [-0.05, 0) is 43.7 Å². The van der Waals surface area contributed by atoms with Gasteiger partial charge in [0.05, 0.1) is 23.3 Å². The first-order valence-electron chi connectivity index (χ1n) is 9.07. The van der Waals surface area contributed by atoms with Crippen molar-refractivity contribution < 1.29 is 0 Å². The normalized spacial score (nSPS) is 11.9. The molecule has 0 aliphatic heterocycles. The van der Waals surface area contributed by atoms with Gasteiger partial charge in [-0.3, -0.25) is 4.98 Å². The quantitative estimate of drug-likeness (QED) is 0.541. The van der Waals surface area contributed by atoms with Gasteiger partial charge in [0.25, 0.3) is 0 Å². The van der Waals surface area contributed by atoms with E-state index in [0.717, 1.165) is 33.7 Å². The van der Waals surface area contributed by atoms with Crippen LogP contribution in [0.5, 0.6) is 0 Å². The summed E-state index contributed by atoms with van der Waals surface area (Å²) in [5.41, 5.74) is 5.49. The first-order valence-corrected chi connectivity index (χ1v) is 9.07. The smallest absolute Gasteiger partial charge is 0.136 e. The van der Waals surface area contributed by atoms with Gasteiger partial charge in [-0.1, -0.05) is 12.1 Å². The van der Waals surface area contributed by atoms with Crippen molar-refractivity contribution in [1.29, 1.82) is 5.26 Å². The molecule has 28 heavy (non-hydrogen) atoms. The Balaban J connectivity index is 1.74.